The van der Waals surface area contributed by atoms with Crippen LogP contribution in [-0.2, 0) is 4.79 Å². The number of hydrogen-bond acceptors (Lipinski definition) is 3. The smallest absolute Gasteiger partial charge is 0.325 e. The number of carboxylic acid groups (broad SMARTS) is 1. The molecule has 22 heavy (non-hydrogen) atoms. The van der Waals surface area contributed by atoms with Crippen molar-refractivity contribution in [2.75, 3.05) is 26.2 Å². The maximum Gasteiger partial charge on any atom is 0.325 e. The molecule has 4 nitrogen and oxygen atoms in total. The summed E-state index contributed by atoms with van der Waals surface area (Å²) in [5.41, 5.74) is 0.495. The number of piperazine rings is 1. The van der Waals surface area contributed by atoms with Crippen LogP contribution in [-0.4, -0.2) is 53.1 Å². The molecule has 1 N–H and O–H groups in total. The van der Waals surface area contributed by atoms with Gasteiger partial charge in [0.1, 0.15) is 6.04 Å². The van der Waals surface area contributed by atoms with Crippen LogP contribution in [0.15, 0.2) is 18.2 Å². The number of rotatable bonds is 5. The summed E-state index contributed by atoms with van der Waals surface area (Å²) in [4.78, 5) is 16.2. The molecule has 0 saturated carbocycles. The number of hydrogen-bond donors (Lipinski definition) is 1. The average molecular weight is 345 g/mol. The highest BCUT2D eigenvalue weighted by Crippen LogP contribution is 2.35. The van der Waals surface area contributed by atoms with Crippen molar-refractivity contribution >= 4 is 29.2 Å². The van der Waals surface area contributed by atoms with E-state index >= 15 is 0 Å². The number of aliphatic carboxylic acids is 1. The lowest BCUT2D eigenvalue weighted by Gasteiger charge is -2.42. The molecule has 1 saturated heterocycles. The van der Waals surface area contributed by atoms with E-state index in [1.165, 1.54) is 0 Å². The van der Waals surface area contributed by atoms with Gasteiger partial charge in [-0.3, -0.25) is 14.6 Å². The maximum atomic E-state index is 11.8. The molecule has 0 radical (unpaired) electrons. The van der Waals surface area contributed by atoms with E-state index in [4.69, 9.17) is 23.2 Å². The highest BCUT2D eigenvalue weighted by Gasteiger charge is 2.35. The molecule has 0 aliphatic carbocycles. The van der Waals surface area contributed by atoms with Crippen LogP contribution in [0.3, 0.4) is 0 Å². The highest BCUT2D eigenvalue weighted by atomic mass is 35.5. The molecule has 0 bridgehead atoms. The minimum absolute atomic E-state index is 0.316. The molecular weight excluding hydrogens is 323 g/mol. The molecule has 1 aliphatic rings. The third kappa shape index (κ3) is 3.74. The van der Waals surface area contributed by atoms with Crippen molar-refractivity contribution in [1.29, 1.82) is 0 Å². The number of benzene rings is 1. The molecule has 2 atom stereocenters. The Morgan fingerprint density at radius 3 is 2.50 bits per heavy atom. The fourth-order valence-electron chi connectivity index (χ4n) is 3.11. The van der Waals surface area contributed by atoms with Crippen LogP contribution in [0.25, 0.3) is 0 Å². The van der Waals surface area contributed by atoms with Gasteiger partial charge in [-0.2, -0.15) is 0 Å². The monoisotopic (exact) mass is 344 g/mol. The van der Waals surface area contributed by atoms with Gasteiger partial charge in [-0.05, 0) is 32.0 Å². The molecule has 2 unspecified atom stereocenters. The van der Waals surface area contributed by atoms with Crippen LogP contribution < -0.4 is 0 Å². The zero-order valence-corrected chi connectivity index (χ0v) is 14.4. The van der Waals surface area contributed by atoms with Gasteiger partial charge in [-0.15, -0.1) is 0 Å². The van der Waals surface area contributed by atoms with Crippen LogP contribution in [0.5, 0.6) is 0 Å². The Morgan fingerprint density at radius 1 is 1.36 bits per heavy atom. The fourth-order valence-corrected chi connectivity index (χ4v) is 3.72. The van der Waals surface area contributed by atoms with Crippen molar-refractivity contribution in [3.8, 4) is 0 Å². The average Bonchev–Trinajstić information content (AvgIpc) is 2.45. The lowest BCUT2D eigenvalue weighted by atomic mass is 10.0. The number of nitrogens with zero attached hydrogens (tertiary/aromatic N) is 2. The molecule has 0 amide bonds. The lowest BCUT2D eigenvalue weighted by Crippen LogP contribution is -2.54. The van der Waals surface area contributed by atoms with Crippen LogP contribution >= 0.6 is 23.2 Å². The maximum absolute atomic E-state index is 11.8. The van der Waals surface area contributed by atoms with E-state index < -0.39 is 12.0 Å². The number of halogens is 2. The Hall–Kier alpha value is -0.810. The van der Waals surface area contributed by atoms with E-state index in [2.05, 4.69) is 18.7 Å². The Balaban J connectivity index is 2.25. The molecule has 122 valence electrons. The first-order valence-corrected chi connectivity index (χ1v) is 8.36. The summed E-state index contributed by atoms with van der Waals surface area (Å²) in [5, 5.41) is 10.5. The number of carboxylic acids is 1. The van der Waals surface area contributed by atoms with E-state index in [1.54, 1.807) is 18.2 Å². The first-order valence-electron chi connectivity index (χ1n) is 7.60. The van der Waals surface area contributed by atoms with Gasteiger partial charge in [-0.25, -0.2) is 0 Å². The molecule has 1 fully saturated rings. The third-order valence-electron chi connectivity index (χ3n) is 4.18. The van der Waals surface area contributed by atoms with Crippen molar-refractivity contribution in [2.24, 2.45) is 0 Å². The van der Waals surface area contributed by atoms with Gasteiger partial charge in [0.05, 0.1) is 0 Å². The number of carbonyl (C=O) groups is 1. The molecule has 0 spiro atoms. The van der Waals surface area contributed by atoms with Crippen molar-refractivity contribution < 1.29 is 9.90 Å². The van der Waals surface area contributed by atoms with Gasteiger partial charge in [0.15, 0.2) is 0 Å². The Kier molecular flexibility index (Phi) is 6.09. The first-order chi connectivity index (χ1) is 10.5. The molecular formula is C16H22Cl2N2O2. The van der Waals surface area contributed by atoms with Gasteiger partial charge in [0, 0.05) is 41.3 Å². The Bertz CT molecular complexity index is 519. The van der Waals surface area contributed by atoms with Crippen LogP contribution in [0.2, 0.25) is 10.0 Å². The quantitative estimate of drug-likeness (QED) is 0.887. The summed E-state index contributed by atoms with van der Waals surface area (Å²) in [6, 6.07) is 4.63. The minimum atomic E-state index is -0.911. The van der Waals surface area contributed by atoms with Gasteiger partial charge >= 0.3 is 5.97 Å². The zero-order valence-electron chi connectivity index (χ0n) is 12.9. The van der Waals surface area contributed by atoms with Crippen LogP contribution in [0, 0.1) is 0 Å². The Morgan fingerprint density at radius 2 is 2.00 bits per heavy atom. The molecule has 1 aromatic carbocycles. The van der Waals surface area contributed by atoms with Gasteiger partial charge in [0.25, 0.3) is 0 Å². The van der Waals surface area contributed by atoms with E-state index in [1.807, 2.05) is 4.90 Å². The molecule has 0 aromatic heterocycles. The summed E-state index contributed by atoms with van der Waals surface area (Å²) in [6.07, 6.45) is 1.10. The van der Waals surface area contributed by atoms with Crippen LogP contribution in [0.1, 0.15) is 31.9 Å². The fraction of sp³-hybridized carbons (Fsp3) is 0.562. The van der Waals surface area contributed by atoms with Crippen LogP contribution in [0.4, 0.5) is 0 Å². The third-order valence-corrected chi connectivity index (χ3v) is 4.84. The minimum Gasteiger partial charge on any atom is -0.480 e. The Labute approximate surface area is 141 Å². The van der Waals surface area contributed by atoms with Gasteiger partial charge in [0.2, 0.25) is 0 Å². The van der Waals surface area contributed by atoms with Crippen molar-refractivity contribution in [3.05, 3.63) is 33.8 Å². The zero-order chi connectivity index (χ0) is 16.3. The topological polar surface area (TPSA) is 43.8 Å². The van der Waals surface area contributed by atoms with E-state index in [0.29, 0.717) is 34.7 Å². The van der Waals surface area contributed by atoms with Crippen molar-refractivity contribution in [1.82, 2.24) is 9.80 Å². The first kappa shape index (κ1) is 17.5. The standard InChI is InChI=1S/C16H22Cl2N2O2/c1-3-7-19-8-9-20(10-11(19)2)15(16(21)22)14-12(17)5-4-6-13(14)18/h4-6,11,15H,3,7-10H2,1-2H3,(H,21,22). The highest BCUT2D eigenvalue weighted by molar-refractivity contribution is 6.36. The van der Waals surface area contributed by atoms with E-state index in [-0.39, 0.29) is 0 Å². The van der Waals surface area contributed by atoms with Crippen molar-refractivity contribution in [2.45, 2.75) is 32.4 Å². The summed E-state index contributed by atoms with van der Waals surface area (Å²) in [6.45, 7) is 7.58. The second-order valence-electron chi connectivity index (χ2n) is 5.76. The summed E-state index contributed by atoms with van der Waals surface area (Å²) in [7, 11) is 0. The predicted molar refractivity (Wildman–Crippen MR) is 89.7 cm³/mol. The SMILES string of the molecule is CCCN1CCN(C(C(=O)O)c2c(Cl)cccc2Cl)CC1C. The molecule has 2 rings (SSSR count). The van der Waals surface area contributed by atoms with Crippen molar-refractivity contribution in [3.63, 3.8) is 0 Å². The second kappa shape index (κ2) is 7.64. The van der Waals surface area contributed by atoms with E-state index in [9.17, 15) is 9.90 Å². The summed E-state index contributed by atoms with van der Waals surface area (Å²) < 4.78 is 0. The summed E-state index contributed by atoms with van der Waals surface area (Å²) >= 11 is 12.4. The molecule has 1 heterocycles. The molecule has 6 heteroatoms. The molecule has 1 aliphatic heterocycles. The normalized spacial score (nSPS) is 21.7. The lowest BCUT2D eigenvalue weighted by molar-refractivity contribution is -0.144. The second-order valence-corrected chi connectivity index (χ2v) is 6.57. The molecule has 1 aromatic rings. The van der Waals surface area contributed by atoms with E-state index in [0.717, 1.165) is 19.5 Å². The van der Waals surface area contributed by atoms with Gasteiger partial charge < -0.3 is 5.11 Å². The predicted octanol–water partition coefficient (Wildman–Crippen LogP) is 3.54. The largest absolute Gasteiger partial charge is 0.480 e. The van der Waals surface area contributed by atoms with Gasteiger partial charge in [-0.1, -0.05) is 36.2 Å². The summed E-state index contributed by atoms with van der Waals surface area (Å²) in [5.74, 6) is -0.911.